The number of benzene rings is 1. The highest BCUT2D eigenvalue weighted by atomic mass is 35.5. The van der Waals surface area contributed by atoms with E-state index in [1.807, 2.05) is 4.98 Å². The molecule has 0 spiro atoms. The van der Waals surface area contributed by atoms with Gasteiger partial charge in [-0.3, -0.25) is 4.79 Å². The van der Waals surface area contributed by atoms with E-state index in [9.17, 15) is 24.6 Å². The molecule has 0 saturated heterocycles. The van der Waals surface area contributed by atoms with Crippen LogP contribution in [0.4, 0.5) is 5.82 Å². The number of aromatic nitrogens is 1. The Morgan fingerprint density at radius 1 is 1.21 bits per heavy atom. The van der Waals surface area contributed by atoms with Crippen molar-refractivity contribution in [3.8, 4) is 22.6 Å². The fourth-order valence-corrected chi connectivity index (χ4v) is 2.82. The van der Waals surface area contributed by atoms with Gasteiger partial charge in [0.25, 0.3) is 5.56 Å². The first-order chi connectivity index (χ1) is 13.2. The van der Waals surface area contributed by atoms with Gasteiger partial charge in [-0.2, -0.15) is 0 Å². The molecular formula is C18H17ClN2O7. The number of carboxylic acid groups (broad SMARTS) is 2. The Balaban J connectivity index is 2.92. The summed E-state index contributed by atoms with van der Waals surface area (Å²) >= 11 is 6.27. The molecule has 0 unspecified atom stereocenters. The summed E-state index contributed by atoms with van der Waals surface area (Å²) in [5, 5.41) is 19.0. The molecular weight excluding hydrogens is 392 g/mol. The van der Waals surface area contributed by atoms with Crippen LogP contribution in [0.2, 0.25) is 5.02 Å². The SMILES string of the molecule is C=CCOc1cc(Cl)c(-c2c(C(=O)O)c(N)[nH]c(=O)c2C(=O)O)cc1OCC. The number of hydrogen-bond acceptors (Lipinski definition) is 6. The Kier molecular flexibility index (Phi) is 6.32. The molecule has 1 aromatic heterocycles. The number of halogens is 1. The van der Waals surface area contributed by atoms with Gasteiger partial charge in [0.2, 0.25) is 0 Å². The maximum atomic E-state index is 12.2. The molecule has 0 bridgehead atoms. The zero-order valence-corrected chi connectivity index (χ0v) is 15.5. The summed E-state index contributed by atoms with van der Waals surface area (Å²) in [6.45, 7) is 5.63. The van der Waals surface area contributed by atoms with Crippen LogP contribution < -0.4 is 20.8 Å². The van der Waals surface area contributed by atoms with Gasteiger partial charge in [-0.05, 0) is 13.0 Å². The lowest BCUT2D eigenvalue weighted by Crippen LogP contribution is -2.24. The molecule has 2 rings (SSSR count). The molecule has 0 amide bonds. The molecule has 10 heteroatoms. The number of nitrogens with one attached hydrogen (secondary N) is 1. The van der Waals surface area contributed by atoms with E-state index in [0.29, 0.717) is 0 Å². The van der Waals surface area contributed by atoms with Crippen LogP contribution in [-0.4, -0.2) is 40.3 Å². The first-order valence-corrected chi connectivity index (χ1v) is 8.33. The minimum Gasteiger partial charge on any atom is -0.490 e. The summed E-state index contributed by atoms with van der Waals surface area (Å²) in [4.78, 5) is 37.6. The number of H-pyrrole nitrogens is 1. The van der Waals surface area contributed by atoms with E-state index in [0.717, 1.165) is 0 Å². The van der Waals surface area contributed by atoms with Crippen LogP contribution in [0.25, 0.3) is 11.1 Å². The van der Waals surface area contributed by atoms with E-state index in [4.69, 9.17) is 26.8 Å². The number of nitrogens with two attached hydrogens (primary N) is 1. The third-order valence-electron chi connectivity index (χ3n) is 3.63. The van der Waals surface area contributed by atoms with Crippen molar-refractivity contribution in [3.63, 3.8) is 0 Å². The number of carbonyl (C=O) groups is 2. The second kappa shape index (κ2) is 8.49. The van der Waals surface area contributed by atoms with E-state index in [-0.39, 0.29) is 35.3 Å². The standard InChI is InChI=1S/C18H17ClN2O7/c1-3-5-28-11-7-9(19)8(6-10(11)27-4-2)12-13(17(23)24)15(20)21-16(22)14(12)18(25)26/h3,6-7H,1,4-5H2,2H3,(H,23,24)(H,25,26)(H3,20,21,22). The summed E-state index contributed by atoms with van der Waals surface area (Å²) in [7, 11) is 0. The minimum absolute atomic E-state index is 0.0522. The molecule has 0 saturated carbocycles. The van der Waals surface area contributed by atoms with Gasteiger partial charge < -0.3 is 30.4 Å². The number of rotatable bonds is 8. The smallest absolute Gasteiger partial charge is 0.342 e. The fourth-order valence-electron chi connectivity index (χ4n) is 2.57. The molecule has 148 valence electrons. The Morgan fingerprint density at radius 3 is 2.36 bits per heavy atom. The molecule has 2 aromatic rings. The van der Waals surface area contributed by atoms with Crippen LogP contribution in [0.15, 0.2) is 29.6 Å². The second-order valence-corrected chi connectivity index (χ2v) is 5.82. The van der Waals surface area contributed by atoms with Crippen LogP contribution in [-0.2, 0) is 0 Å². The Bertz CT molecular complexity index is 1010. The number of pyridine rings is 1. The van der Waals surface area contributed by atoms with Gasteiger partial charge in [0.1, 0.15) is 23.6 Å². The maximum absolute atomic E-state index is 12.2. The predicted molar refractivity (Wildman–Crippen MR) is 103 cm³/mol. The fraction of sp³-hybridized carbons (Fsp3) is 0.167. The molecule has 28 heavy (non-hydrogen) atoms. The molecule has 1 aromatic carbocycles. The maximum Gasteiger partial charge on any atom is 0.342 e. The van der Waals surface area contributed by atoms with Crippen molar-refractivity contribution in [1.29, 1.82) is 0 Å². The summed E-state index contributed by atoms with van der Waals surface area (Å²) in [5.41, 5.74) is 2.68. The van der Waals surface area contributed by atoms with Gasteiger partial charge in [-0.25, -0.2) is 9.59 Å². The summed E-state index contributed by atoms with van der Waals surface area (Å²) < 4.78 is 10.9. The van der Waals surface area contributed by atoms with Crippen LogP contribution in [0.1, 0.15) is 27.6 Å². The third kappa shape index (κ3) is 3.94. The monoisotopic (exact) mass is 408 g/mol. The molecule has 0 aliphatic carbocycles. The van der Waals surface area contributed by atoms with Crippen LogP contribution >= 0.6 is 11.6 Å². The second-order valence-electron chi connectivity index (χ2n) is 5.41. The minimum atomic E-state index is -1.64. The first kappa shape index (κ1) is 20.8. The predicted octanol–water partition coefficient (Wildman–Crippen LogP) is 2.64. The van der Waals surface area contributed by atoms with Crippen LogP contribution in [0.3, 0.4) is 0 Å². The number of aromatic carboxylic acids is 2. The summed E-state index contributed by atoms with van der Waals surface area (Å²) in [6, 6.07) is 2.64. The van der Waals surface area contributed by atoms with Crippen molar-refractivity contribution in [3.05, 3.63) is 51.3 Å². The number of hydrogen-bond donors (Lipinski definition) is 4. The zero-order valence-electron chi connectivity index (χ0n) is 14.7. The highest BCUT2D eigenvalue weighted by Crippen LogP contribution is 2.41. The van der Waals surface area contributed by atoms with Crippen molar-refractivity contribution >= 4 is 29.4 Å². The van der Waals surface area contributed by atoms with Crippen LogP contribution in [0, 0.1) is 0 Å². The van der Waals surface area contributed by atoms with E-state index >= 15 is 0 Å². The number of ether oxygens (including phenoxy) is 2. The lowest BCUT2D eigenvalue weighted by Gasteiger charge is -2.17. The zero-order chi connectivity index (χ0) is 21.0. The molecule has 0 radical (unpaired) electrons. The van der Waals surface area contributed by atoms with Crippen molar-refractivity contribution < 1.29 is 29.3 Å². The van der Waals surface area contributed by atoms with Crippen molar-refractivity contribution in [1.82, 2.24) is 4.98 Å². The third-order valence-corrected chi connectivity index (χ3v) is 3.94. The van der Waals surface area contributed by atoms with Gasteiger partial charge in [0.15, 0.2) is 11.5 Å². The average molecular weight is 409 g/mol. The molecule has 1 heterocycles. The van der Waals surface area contributed by atoms with E-state index in [2.05, 4.69) is 6.58 Å². The topological polar surface area (TPSA) is 152 Å². The van der Waals surface area contributed by atoms with Crippen molar-refractivity contribution in [2.24, 2.45) is 0 Å². The van der Waals surface area contributed by atoms with E-state index in [1.54, 1.807) is 6.92 Å². The van der Waals surface area contributed by atoms with Gasteiger partial charge in [0, 0.05) is 17.2 Å². The molecule has 0 aliphatic heterocycles. The van der Waals surface area contributed by atoms with Gasteiger partial charge in [-0.15, -0.1) is 0 Å². The van der Waals surface area contributed by atoms with E-state index < -0.39 is 40.0 Å². The Hall–Kier alpha value is -3.46. The highest BCUT2D eigenvalue weighted by Gasteiger charge is 2.28. The lowest BCUT2D eigenvalue weighted by atomic mass is 9.95. The van der Waals surface area contributed by atoms with Gasteiger partial charge in [-0.1, -0.05) is 24.3 Å². The molecule has 0 aliphatic rings. The normalized spacial score (nSPS) is 10.4. The number of anilines is 1. The van der Waals surface area contributed by atoms with Gasteiger partial charge >= 0.3 is 11.9 Å². The summed E-state index contributed by atoms with van der Waals surface area (Å²) in [6.07, 6.45) is 1.50. The molecule has 0 fully saturated rings. The number of carboxylic acids is 2. The lowest BCUT2D eigenvalue weighted by molar-refractivity contribution is 0.0695. The van der Waals surface area contributed by atoms with E-state index in [1.165, 1.54) is 18.2 Å². The van der Waals surface area contributed by atoms with Gasteiger partial charge in [0.05, 0.1) is 11.6 Å². The molecule has 9 nitrogen and oxygen atoms in total. The Labute approximate surface area is 164 Å². The molecule has 0 atom stereocenters. The quantitative estimate of drug-likeness (QED) is 0.486. The number of aromatic amines is 1. The van der Waals surface area contributed by atoms with Crippen molar-refractivity contribution in [2.45, 2.75) is 6.92 Å². The number of nitrogen functional groups attached to an aromatic ring is 1. The summed E-state index contributed by atoms with van der Waals surface area (Å²) in [5.74, 6) is -3.26. The highest BCUT2D eigenvalue weighted by molar-refractivity contribution is 6.34. The molecule has 5 N–H and O–H groups in total. The van der Waals surface area contributed by atoms with Crippen LogP contribution in [0.5, 0.6) is 11.5 Å². The largest absolute Gasteiger partial charge is 0.490 e. The Morgan fingerprint density at radius 2 is 1.82 bits per heavy atom. The average Bonchev–Trinajstić information content (AvgIpc) is 2.60. The van der Waals surface area contributed by atoms with Crippen molar-refractivity contribution in [2.75, 3.05) is 18.9 Å². The first-order valence-electron chi connectivity index (χ1n) is 7.95.